The minimum atomic E-state index is 0.0510. The van der Waals surface area contributed by atoms with Gasteiger partial charge in [-0.15, -0.1) is 10.2 Å². The van der Waals surface area contributed by atoms with E-state index in [9.17, 15) is 9.59 Å². The highest BCUT2D eigenvalue weighted by Crippen LogP contribution is 2.29. The van der Waals surface area contributed by atoms with Crippen molar-refractivity contribution in [2.45, 2.75) is 12.8 Å². The van der Waals surface area contributed by atoms with E-state index in [-0.39, 0.29) is 18.2 Å². The monoisotopic (exact) mass is 482 g/mol. The summed E-state index contributed by atoms with van der Waals surface area (Å²) in [6.45, 7) is 6.55. The molecule has 0 saturated carbocycles. The summed E-state index contributed by atoms with van der Waals surface area (Å²) < 4.78 is 1.67. The first kappa shape index (κ1) is 22.9. The van der Waals surface area contributed by atoms with Gasteiger partial charge in [0.2, 0.25) is 16.8 Å². The number of likely N-dealkylation sites (N-methyl/N-ethyl adjacent to an activating group) is 2. The van der Waals surface area contributed by atoms with Crippen molar-refractivity contribution < 1.29 is 9.59 Å². The van der Waals surface area contributed by atoms with E-state index >= 15 is 0 Å². The van der Waals surface area contributed by atoms with Crippen LogP contribution in [0.4, 0.5) is 0 Å². The second-order valence-corrected chi connectivity index (χ2v) is 10.1. The van der Waals surface area contributed by atoms with Crippen LogP contribution in [0.15, 0.2) is 24.3 Å². The number of aromatic nitrogens is 4. The summed E-state index contributed by atoms with van der Waals surface area (Å²) in [4.78, 5) is 34.7. The topological polar surface area (TPSA) is 90.2 Å². The van der Waals surface area contributed by atoms with Crippen LogP contribution in [0, 0.1) is 0 Å². The Balaban J connectivity index is 1.33. The number of nitrogens with zero attached hydrogens (tertiary/aromatic N) is 8. The van der Waals surface area contributed by atoms with Crippen molar-refractivity contribution in [1.82, 2.24) is 39.4 Å². The summed E-state index contributed by atoms with van der Waals surface area (Å²) in [7, 11) is 4.15. The fraction of sp³-hybridized carbons (Fsp3) is 0.522. The molecule has 2 aromatic heterocycles. The molecule has 1 aromatic carbocycles. The number of carbonyl (C=O) groups is 2. The van der Waals surface area contributed by atoms with E-state index in [1.165, 1.54) is 11.3 Å². The number of amides is 2. The SMILES string of the molecule is CN1CCN(C(=O)Cc2ccccc2-c2nn3c(CC(=O)N4CCN(C)CC4)nnc3s2)CC1. The largest absolute Gasteiger partial charge is 0.340 e. The van der Waals surface area contributed by atoms with Crippen molar-refractivity contribution in [1.29, 1.82) is 0 Å². The first-order chi connectivity index (χ1) is 16.5. The summed E-state index contributed by atoms with van der Waals surface area (Å²) in [5, 5.41) is 14.0. The van der Waals surface area contributed by atoms with E-state index in [0.717, 1.165) is 68.5 Å². The number of piperazine rings is 2. The molecule has 2 amide bonds. The molecule has 0 aliphatic carbocycles. The van der Waals surface area contributed by atoms with Crippen LogP contribution in [0.25, 0.3) is 15.5 Å². The Morgan fingerprint density at radius 2 is 1.41 bits per heavy atom. The molecule has 0 unspecified atom stereocenters. The van der Waals surface area contributed by atoms with Gasteiger partial charge >= 0.3 is 0 Å². The Labute approximate surface area is 202 Å². The molecular formula is C23H30N8O2S. The minimum Gasteiger partial charge on any atom is -0.340 e. The van der Waals surface area contributed by atoms with Gasteiger partial charge < -0.3 is 19.6 Å². The highest BCUT2D eigenvalue weighted by Gasteiger charge is 2.24. The molecule has 0 radical (unpaired) electrons. The predicted octanol–water partition coefficient (Wildman–Crippen LogP) is 0.486. The fourth-order valence-electron chi connectivity index (χ4n) is 4.39. The Bertz CT molecular complexity index is 1170. The Hall–Kier alpha value is -2.89. The highest BCUT2D eigenvalue weighted by molar-refractivity contribution is 7.19. The molecule has 4 heterocycles. The van der Waals surface area contributed by atoms with Crippen LogP contribution in [0.2, 0.25) is 0 Å². The molecule has 2 aliphatic rings. The summed E-state index contributed by atoms with van der Waals surface area (Å²) in [5.74, 6) is 0.740. The summed E-state index contributed by atoms with van der Waals surface area (Å²) in [6, 6.07) is 7.90. The third-order valence-electron chi connectivity index (χ3n) is 6.67. The van der Waals surface area contributed by atoms with Gasteiger partial charge in [-0.2, -0.15) is 9.61 Å². The molecular weight excluding hydrogens is 452 g/mol. The Morgan fingerprint density at radius 1 is 0.824 bits per heavy atom. The Kier molecular flexibility index (Phi) is 6.57. The van der Waals surface area contributed by atoms with Crippen LogP contribution in [0.3, 0.4) is 0 Å². The number of benzene rings is 1. The maximum absolute atomic E-state index is 12.9. The summed E-state index contributed by atoms with van der Waals surface area (Å²) in [6.07, 6.45) is 0.520. The van der Waals surface area contributed by atoms with Crippen LogP contribution < -0.4 is 0 Å². The second kappa shape index (κ2) is 9.77. The zero-order valence-electron chi connectivity index (χ0n) is 19.7. The molecule has 0 N–H and O–H groups in total. The molecule has 10 nitrogen and oxygen atoms in total. The van der Waals surface area contributed by atoms with Gasteiger partial charge in [-0.05, 0) is 19.7 Å². The van der Waals surface area contributed by atoms with Gasteiger partial charge in [0, 0.05) is 57.9 Å². The van der Waals surface area contributed by atoms with Gasteiger partial charge in [0.05, 0.1) is 12.8 Å². The van der Waals surface area contributed by atoms with Gasteiger partial charge in [-0.25, -0.2) is 0 Å². The zero-order valence-corrected chi connectivity index (χ0v) is 20.5. The van der Waals surface area contributed by atoms with Crippen LogP contribution >= 0.6 is 11.3 Å². The van der Waals surface area contributed by atoms with Crippen LogP contribution in [0.5, 0.6) is 0 Å². The molecule has 5 rings (SSSR count). The quantitative estimate of drug-likeness (QED) is 0.523. The lowest BCUT2D eigenvalue weighted by atomic mass is 10.0. The summed E-state index contributed by atoms with van der Waals surface area (Å²) in [5.41, 5.74) is 1.88. The van der Waals surface area contributed by atoms with Crippen molar-refractivity contribution in [2.24, 2.45) is 0 Å². The molecule has 34 heavy (non-hydrogen) atoms. The van der Waals surface area contributed by atoms with Crippen LogP contribution in [-0.4, -0.2) is 118 Å². The maximum atomic E-state index is 12.9. The molecule has 180 valence electrons. The predicted molar refractivity (Wildman–Crippen MR) is 130 cm³/mol. The number of hydrogen-bond acceptors (Lipinski definition) is 8. The lowest BCUT2D eigenvalue weighted by Gasteiger charge is -2.32. The Morgan fingerprint density at radius 3 is 2.06 bits per heavy atom. The number of hydrogen-bond donors (Lipinski definition) is 0. The minimum absolute atomic E-state index is 0.0510. The average molecular weight is 483 g/mol. The number of rotatable bonds is 5. The van der Waals surface area contributed by atoms with E-state index in [0.29, 0.717) is 17.2 Å². The van der Waals surface area contributed by atoms with Gasteiger partial charge in [0.1, 0.15) is 5.01 Å². The molecule has 2 aliphatic heterocycles. The van der Waals surface area contributed by atoms with Crippen molar-refractivity contribution in [2.75, 3.05) is 66.5 Å². The second-order valence-electron chi connectivity index (χ2n) is 9.10. The third-order valence-corrected chi connectivity index (χ3v) is 7.60. The normalized spacial score (nSPS) is 18.1. The molecule has 0 bridgehead atoms. The van der Waals surface area contributed by atoms with Gasteiger partial charge in [-0.3, -0.25) is 9.59 Å². The van der Waals surface area contributed by atoms with E-state index in [1.54, 1.807) is 4.52 Å². The lowest BCUT2D eigenvalue weighted by molar-refractivity contribution is -0.132. The van der Waals surface area contributed by atoms with Gasteiger partial charge in [0.25, 0.3) is 0 Å². The number of carbonyl (C=O) groups excluding carboxylic acids is 2. The van der Waals surface area contributed by atoms with Crippen molar-refractivity contribution >= 4 is 28.1 Å². The van der Waals surface area contributed by atoms with Crippen LogP contribution in [-0.2, 0) is 22.4 Å². The average Bonchev–Trinajstić information content (AvgIpc) is 3.42. The van der Waals surface area contributed by atoms with E-state index < -0.39 is 0 Å². The van der Waals surface area contributed by atoms with Crippen molar-refractivity contribution in [3.8, 4) is 10.6 Å². The van der Waals surface area contributed by atoms with Gasteiger partial charge in [-0.1, -0.05) is 35.6 Å². The summed E-state index contributed by atoms with van der Waals surface area (Å²) >= 11 is 1.43. The van der Waals surface area contributed by atoms with Gasteiger partial charge in [0.15, 0.2) is 5.82 Å². The van der Waals surface area contributed by atoms with Crippen LogP contribution in [0.1, 0.15) is 11.4 Å². The third kappa shape index (κ3) is 4.82. The molecule has 11 heteroatoms. The smallest absolute Gasteiger partial charge is 0.234 e. The zero-order chi connectivity index (χ0) is 23.7. The molecule has 2 saturated heterocycles. The van der Waals surface area contributed by atoms with Crippen molar-refractivity contribution in [3.63, 3.8) is 0 Å². The first-order valence-corrected chi connectivity index (χ1v) is 12.5. The van der Waals surface area contributed by atoms with E-state index in [2.05, 4.69) is 34.1 Å². The standard InChI is InChI=1S/C23H30N8O2S/c1-27-7-11-29(12-8-27)20(32)15-17-5-3-4-6-18(17)22-26-31-19(24-25-23(31)34-22)16-21(33)30-13-9-28(2)10-14-30/h3-6H,7-16H2,1-2H3. The lowest BCUT2D eigenvalue weighted by Crippen LogP contribution is -2.47. The maximum Gasteiger partial charge on any atom is 0.234 e. The number of fused-ring (bicyclic) bond motifs is 1. The fourth-order valence-corrected chi connectivity index (χ4v) is 5.31. The highest BCUT2D eigenvalue weighted by atomic mass is 32.1. The van der Waals surface area contributed by atoms with Crippen molar-refractivity contribution in [3.05, 3.63) is 35.7 Å². The molecule has 0 atom stereocenters. The molecule has 2 fully saturated rings. The van der Waals surface area contributed by atoms with E-state index in [1.807, 2.05) is 34.1 Å². The molecule has 3 aromatic rings. The molecule has 0 spiro atoms. The van der Waals surface area contributed by atoms with E-state index in [4.69, 9.17) is 5.10 Å². The first-order valence-electron chi connectivity index (χ1n) is 11.7.